The maximum Gasteiger partial charge on any atom is 0.229 e. The van der Waals surface area contributed by atoms with Crippen LogP contribution < -0.4 is 5.32 Å². The molecule has 106 valence electrons. The molecule has 0 radical (unpaired) electrons. The SMILES string of the molecule is CC(C)N(CCNC(=O)C1(C)CC1(Cl)Cl)C(C)C. The number of carbonyl (C=O) groups excluding carboxylic acids is 1. The van der Waals surface area contributed by atoms with Gasteiger partial charge >= 0.3 is 0 Å². The predicted octanol–water partition coefficient (Wildman–Crippen LogP) is 2.81. The fraction of sp³-hybridized carbons (Fsp3) is 0.923. The van der Waals surface area contributed by atoms with E-state index in [4.69, 9.17) is 23.2 Å². The van der Waals surface area contributed by atoms with Gasteiger partial charge in [-0.2, -0.15) is 0 Å². The molecule has 1 saturated carbocycles. The largest absolute Gasteiger partial charge is 0.354 e. The van der Waals surface area contributed by atoms with Crippen LogP contribution in [0.4, 0.5) is 0 Å². The van der Waals surface area contributed by atoms with Gasteiger partial charge in [0.2, 0.25) is 5.91 Å². The van der Waals surface area contributed by atoms with E-state index < -0.39 is 9.75 Å². The molecule has 5 heteroatoms. The summed E-state index contributed by atoms with van der Waals surface area (Å²) in [5.74, 6) is -0.0417. The topological polar surface area (TPSA) is 32.3 Å². The summed E-state index contributed by atoms with van der Waals surface area (Å²) >= 11 is 12.0. The highest BCUT2D eigenvalue weighted by molar-refractivity contribution is 6.53. The number of carbonyl (C=O) groups is 1. The fourth-order valence-electron chi connectivity index (χ4n) is 2.25. The minimum Gasteiger partial charge on any atom is -0.354 e. The molecule has 1 unspecified atom stereocenters. The molecule has 0 heterocycles. The minimum absolute atomic E-state index is 0.0417. The normalized spacial score (nSPS) is 25.9. The van der Waals surface area contributed by atoms with Crippen LogP contribution in [0, 0.1) is 5.41 Å². The highest BCUT2D eigenvalue weighted by Crippen LogP contribution is 2.63. The van der Waals surface area contributed by atoms with Gasteiger partial charge in [0.25, 0.3) is 0 Å². The van der Waals surface area contributed by atoms with Gasteiger partial charge < -0.3 is 5.32 Å². The molecule has 1 fully saturated rings. The molecule has 18 heavy (non-hydrogen) atoms. The third-order valence-corrected chi connectivity index (χ3v) is 4.84. The molecule has 0 spiro atoms. The lowest BCUT2D eigenvalue weighted by Crippen LogP contribution is -2.44. The van der Waals surface area contributed by atoms with Gasteiger partial charge in [0.05, 0.1) is 5.41 Å². The molecule has 1 amide bonds. The zero-order chi connectivity index (χ0) is 14.1. The predicted molar refractivity (Wildman–Crippen MR) is 77.1 cm³/mol. The van der Waals surface area contributed by atoms with Gasteiger partial charge in [-0.05, 0) is 41.0 Å². The standard InChI is InChI=1S/C13H24Cl2N2O/c1-9(2)17(10(3)4)7-6-16-11(18)12(5)8-13(12,14)15/h9-10H,6-8H2,1-5H3,(H,16,18). The van der Waals surface area contributed by atoms with Crippen molar-refractivity contribution in [1.82, 2.24) is 10.2 Å². The maximum atomic E-state index is 12.0. The number of halogens is 2. The van der Waals surface area contributed by atoms with Gasteiger partial charge in [-0.3, -0.25) is 9.69 Å². The summed E-state index contributed by atoms with van der Waals surface area (Å²) in [6, 6.07) is 0.942. The lowest BCUT2D eigenvalue weighted by molar-refractivity contribution is -0.125. The van der Waals surface area contributed by atoms with E-state index in [0.29, 0.717) is 25.0 Å². The summed E-state index contributed by atoms with van der Waals surface area (Å²) in [4.78, 5) is 14.3. The number of hydrogen-bond acceptors (Lipinski definition) is 2. The minimum atomic E-state index is -0.882. The van der Waals surface area contributed by atoms with Crippen LogP contribution in [0.15, 0.2) is 0 Å². The maximum absolute atomic E-state index is 12.0. The first-order chi connectivity index (χ1) is 8.12. The molecule has 1 atom stereocenters. The van der Waals surface area contributed by atoms with Crippen molar-refractivity contribution in [1.29, 1.82) is 0 Å². The Kier molecular flexibility index (Phi) is 4.96. The van der Waals surface area contributed by atoms with Crippen LogP contribution in [0.5, 0.6) is 0 Å². The van der Waals surface area contributed by atoms with Crippen molar-refractivity contribution in [2.75, 3.05) is 13.1 Å². The number of hydrogen-bond donors (Lipinski definition) is 1. The van der Waals surface area contributed by atoms with Crippen molar-refractivity contribution in [3.63, 3.8) is 0 Å². The first-order valence-electron chi connectivity index (χ1n) is 6.53. The summed E-state index contributed by atoms with van der Waals surface area (Å²) in [5.41, 5.74) is -0.614. The Labute approximate surface area is 120 Å². The first-order valence-corrected chi connectivity index (χ1v) is 7.29. The molecule has 0 aromatic heterocycles. The molecule has 0 saturated heterocycles. The van der Waals surface area contributed by atoms with E-state index in [0.717, 1.165) is 6.54 Å². The summed E-state index contributed by atoms with van der Waals surface area (Å²) in [7, 11) is 0. The number of nitrogens with one attached hydrogen (secondary N) is 1. The molecular formula is C13H24Cl2N2O. The second kappa shape index (κ2) is 5.56. The van der Waals surface area contributed by atoms with Crippen LogP contribution >= 0.6 is 23.2 Å². The first kappa shape index (κ1) is 16.1. The van der Waals surface area contributed by atoms with Crippen molar-refractivity contribution < 1.29 is 4.79 Å². The zero-order valence-corrected chi connectivity index (χ0v) is 13.4. The molecule has 0 bridgehead atoms. The molecule has 1 aliphatic carbocycles. The molecule has 1 aliphatic rings. The lowest BCUT2D eigenvalue weighted by Gasteiger charge is -2.30. The van der Waals surface area contributed by atoms with Crippen LogP contribution in [0.3, 0.4) is 0 Å². The molecule has 0 aliphatic heterocycles. The average Bonchev–Trinajstić information content (AvgIpc) is 2.72. The third kappa shape index (κ3) is 3.31. The van der Waals surface area contributed by atoms with E-state index in [1.165, 1.54) is 0 Å². The fourth-order valence-corrected chi connectivity index (χ4v) is 2.96. The molecule has 1 N–H and O–H groups in total. The molecule has 0 aromatic rings. The highest BCUT2D eigenvalue weighted by Gasteiger charge is 2.67. The van der Waals surface area contributed by atoms with E-state index in [1.807, 2.05) is 6.92 Å². The van der Waals surface area contributed by atoms with Crippen molar-refractivity contribution in [3.8, 4) is 0 Å². The van der Waals surface area contributed by atoms with Gasteiger partial charge in [-0.25, -0.2) is 0 Å². The summed E-state index contributed by atoms with van der Waals surface area (Å²) in [6.07, 6.45) is 0.535. The Bertz CT molecular complexity index is 310. The van der Waals surface area contributed by atoms with Crippen LogP contribution in [0.1, 0.15) is 41.0 Å². The van der Waals surface area contributed by atoms with E-state index in [2.05, 4.69) is 37.9 Å². The summed E-state index contributed by atoms with van der Waals surface area (Å²) in [5, 5.41) is 2.93. The Hall–Kier alpha value is 0.01000. The lowest BCUT2D eigenvalue weighted by atomic mass is 10.1. The van der Waals surface area contributed by atoms with E-state index in [9.17, 15) is 4.79 Å². The van der Waals surface area contributed by atoms with Crippen LogP contribution in [0.2, 0.25) is 0 Å². The van der Waals surface area contributed by atoms with Gasteiger partial charge in [0, 0.05) is 25.2 Å². The Morgan fingerprint density at radius 1 is 1.28 bits per heavy atom. The summed E-state index contributed by atoms with van der Waals surface area (Å²) < 4.78 is -0.882. The van der Waals surface area contributed by atoms with Crippen LogP contribution in [-0.4, -0.2) is 40.3 Å². The van der Waals surface area contributed by atoms with Crippen molar-refractivity contribution in [2.24, 2.45) is 5.41 Å². The van der Waals surface area contributed by atoms with E-state index in [1.54, 1.807) is 0 Å². The Morgan fingerprint density at radius 3 is 2.06 bits per heavy atom. The van der Waals surface area contributed by atoms with Gasteiger partial charge in [0.1, 0.15) is 4.33 Å². The van der Waals surface area contributed by atoms with Gasteiger partial charge in [-0.15, -0.1) is 23.2 Å². The summed E-state index contributed by atoms with van der Waals surface area (Å²) in [6.45, 7) is 11.9. The van der Waals surface area contributed by atoms with Crippen LogP contribution in [0.25, 0.3) is 0 Å². The number of rotatable bonds is 6. The second-order valence-electron chi connectivity index (χ2n) is 5.89. The van der Waals surface area contributed by atoms with E-state index >= 15 is 0 Å². The average molecular weight is 295 g/mol. The Balaban J connectivity index is 2.36. The monoisotopic (exact) mass is 294 g/mol. The van der Waals surface area contributed by atoms with Crippen molar-refractivity contribution >= 4 is 29.1 Å². The van der Waals surface area contributed by atoms with Gasteiger partial charge in [-0.1, -0.05) is 0 Å². The third-order valence-electron chi connectivity index (χ3n) is 3.74. The molecular weight excluding hydrogens is 271 g/mol. The molecule has 0 aromatic carbocycles. The zero-order valence-electron chi connectivity index (χ0n) is 11.9. The number of alkyl halides is 2. The highest BCUT2D eigenvalue weighted by atomic mass is 35.5. The smallest absolute Gasteiger partial charge is 0.229 e. The van der Waals surface area contributed by atoms with Crippen LogP contribution in [-0.2, 0) is 4.79 Å². The quantitative estimate of drug-likeness (QED) is 0.764. The van der Waals surface area contributed by atoms with Crippen molar-refractivity contribution in [2.45, 2.75) is 57.5 Å². The molecule has 3 nitrogen and oxygen atoms in total. The van der Waals surface area contributed by atoms with E-state index in [-0.39, 0.29) is 5.91 Å². The second-order valence-corrected chi connectivity index (χ2v) is 7.38. The number of amides is 1. The molecule has 1 rings (SSSR count). The van der Waals surface area contributed by atoms with Crippen molar-refractivity contribution in [3.05, 3.63) is 0 Å². The number of nitrogens with zero attached hydrogens (tertiary/aromatic N) is 1. The Morgan fingerprint density at radius 2 is 1.72 bits per heavy atom. The van der Waals surface area contributed by atoms with Gasteiger partial charge in [0.15, 0.2) is 0 Å².